The Morgan fingerprint density at radius 2 is 2.06 bits per heavy atom. The summed E-state index contributed by atoms with van der Waals surface area (Å²) in [6.45, 7) is 4.03. The number of likely N-dealkylation sites (N-methyl/N-ethyl adjacent to an activating group) is 1. The Bertz CT molecular complexity index is 422. The topological polar surface area (TPSA) is 72.4 Å². The Morgan fingerprint density at radius 1 is 1.33 bits per heavy atom. The smallest absolute Gasteiger partial charge is 0.325 e. The van der Waals surface area contributed by atoms with E-state index in [4.69, 9.17) is 16.3 Å². The molecule has 1 heterocycles. The summed E-state index contributed by atoms with van der Waals surface area (Å²) < 4.78 is 4.79. The zero-order chi connectivity index (χ0) is 13.5. The fourth-order valence-corrected chi connectivity index (χ4v) is 1.37. The number of aromatic nitrogens is 2. The van der Waals surface area contributed by atoms with Gasteiger partial charge in [0.1, 0.15) is 17.4 Å². The molecule has 0 aromatic carbocycles. The van der Waals surface area contributed by atoms with Gasteiger partial charge in [-0.05, 0) is 13.8 Å². The third-order valence-corrected chi connectivity index (χ3v) is 2.33. The summed E-state index contributed by atoms with van der Waals surface area (Å²) in [5.41, 5.74) is 0.144. The number of halogens is 1. The Morgan fingerprint density at radius 3 is 2.56 bits per heavy atom. The van der Waals surface area contributed by atoms with E-state index in [9.17, 15) is 9.59 Å². The minimum Gasteiger partial charge on any atom is -0.465 e. The van der Waals surface area contributed by atoms with Crippen molar-refractivity contribution in [3.8, 4) is 0 Å². The molecule has 0 N–H and O–H groups in total. The lowest BCUT2D eigenvalue weighted by atomic mass is 10.3. The van der Waals surface area contributed by atoms with Gasteiger partial charge in [0.25, 0.3) is 5.91 Å². The van der Waals surface area contributed by atoms with Crippen molar-refractivity contribution < 1.29 is 14.3 Å². The summed E-state index contributed by atoms with van der Waals surface area (Å²) in [6, 6.07) is 0. The van der Waals surface area contributed by atoms with Gasteiger partial charge in [0.05, 0.1) is 19.0 Å². The van der Waals surface area contributed by atoms with Crippen molar-refractivity contribution in [2.75, 3.05) is 19.7 Å². The molecule has 0 radical (unpaired) electrons. The first kappa shape index (κ1) is 14.4. The standard InChI is InChI=1S/C11H14ClN3O3/c1-3-15(7-10(16)18-4-2)11(17)8-5-14-9(12)6-13-8/h5-6H,3-4,7H2,1-2H3. The third-order valence-electron chi connectivity index (χ3n) is 2.13. The first-order valence-corrected chi connectivity index (χ1v) is 5.88. The van der Waals surface area contributed by atoms with Crippen LogP contribution in [-0.4, -0.2) is 46.4 Å². The Balaban J connectivity index is 2.73. The van der Waals surface area contributed by atoms with Crippen LogP contribution in [0.3, 0.4) is 0 Å². The average Bonchev–Trinajstić information content (AvgIpc) is 2.36. The van der Waals surface area contributed by atoms with E-state index in [1.807, 2.05) is 0 Å². The molecule has 1 amide bonds. The lowest BCUT2D eigenvalue weighted by Crippen LogP contribution is -2.36. The van der Waals surface area contributed by atoms with Gasteiger partial charge in [-0.15, -0.1) is 0 Å². The van der Waals surface area contributed by atoms with E-state index in [1.165, 1.54) is 17.3 Å². The quantitative estimate of drug-likeness (QED) is 0.752. The van der Waals surface area contributed by atoms with Gasteiger partial charge >= 0.3 is 5.97 Å². The van der Waals surface area contributed by atoms with E-state index >= 15 is 0 Å². The van der Waals surface area contributed by atoms with Crippen molar-refractivity contribution in [3.05, 3.63) is 23.2 Å². The Labute approximate surface area is 110 Å². The van der Waals surface area contributed by atoms with Crippen molar-refractivity contribution in [1.82, 2.24) is 14.9 Å². The van der Waals surface area contributed by atoms with E-state index in [1.54, 1.807) is 13.8 Å². The van der Waals surface area contributed by atoms with Gasteiger partial charge in [-0.2, -0.15) is 0 Å². The summed E-state index contributed by atoms with van der Waals surface area (Å²) >= 11 is 5.58. The van der Waals surface area contributed by atoms with E-state index < -0.39 is 5.97 Å². The minimum atomic E-state index is -0.449. The lowest BCUT2D eigenvalue weighted by Gasteiger charge is -2.18. The molecule has 0 aliphatic carbocycles. The number of nitrogens with zero attached hydrogens (tertiary/aromatic N) is 3. The summed E-state index contributed by atoms with van der Waals surface area (Å²) in [5, 5.41) is 0.208. The number of ether oxygens (including phenoxy) is 1. The molecule has 7 heteroatoms. The lowest BCUT2D eigenvalue weighted by molar-refractivity contribution is -0.143. The van der Waals surface area contributed by atoms with Crippen LogP contribution in [0.1, 0.15) is 24.3 Å². The Kier molecular flexibility index (Phi) is 5.51. The highest BCUT2D eigenvalue weighted by molar-refractivity contribution is 6.29. The maximum atomic E-state index is 12.0. The van der Waals surface area contributed by atoms with Crippen LogP contribution >= 0.6 is 11.6 Å². The van der Waals surface area contributed by atoms with Gasteiger partial charge in [-0.1, -0.05) is 11.6 Å². The maximum absolute atomic E-state index is 12.0. The highest BCUT2D eigenvalue weighted by Crippen LogP contribution is 2.05. The molecule has 0 saturated heterocycles. The van der Waals surface area contributed by atoms with Gasteiger partial charge in [0.2, 0.25) is 0 Å². The molecule has 0 spiro atoms. The summed E-state index contributed by atoms with van der Waals surface area (Å²) in [7, 11) is 0. The number of hydrogen-bond acceptors (Lipinski definition) is 5. The number of esters is 1. The highest BCUT2D eigenvalue weighted by atomic mass is 35.5. The van der Waals surface area contributed by atoms with Crippen molar-refractivity contribution in [2.24, 2.45) is 0 Å². The molecule has 1 rings (SSSR count). The van der Waals surface area contributed by atoms with Crippen LogP contribution < -0.4 is 0 Å². The van der Waals surface area contributed by atoms with Crippen LogP contribution in [0, 0.1) is 0 Å². The molecular weight excluding hydrogens is 258 g/mol. The predicted molar refractivity (Wildman–Crippen MR) is 65.3 cm³/mol. The van der Waals surface area contributed by atoms with Crippen molar-refractivity contribution in [1.29, 1.82) is 0 Å². The normalized spacial score (nSPS) is 9.94. The van der Waals surface area contributed by atoms with E-state index in [0.717, 1.165) is 0 Å². The summed E-state index contributed by atoms with van der Waals surface area (Å²) in [5.74, 6) is -0.829. The SMILES string of the molecule is CCOC(=O)CN(CC)C(=O)c1cnc(Cl)cn1. The highest BCUT2D eigenvalue weighted by Gasteiger charge is 2.19. The molecule has 0 bridgehead atoms. The summed E-state index contributed by atoms with van der Waals surface area (Å²) in [6.07, 6.45) is 2.56. The third kappa shape index (κ3) is 3.96. The molecule has 0 unspecified atom stereocenters. The molecule has 0 fully saturated rings. The van der Waals surface area contributed by atoms with E-state index in [-0.39, 0.29) is 29.9 Å². The van der Waals surface area contributed by atoms with Crippen LogP contribution in [0.2, 0.25) is 5.15 Å². The largest absolute Gasteiger partial charge is 0.465 e. The molecule has 1 aromatic rings. The minimum absolute atomic E-state index is 0.104. The van der Waals surface area contributed by atoms with Crippen molar-refractivity contribution in [3.63, 3.8) is 0 Å². The fraction of sp³-hybridized carbons (Fsp3) is 0.455. The average molecular weight is 272 g/mol. The van der Waals surface area contributed by atoms with E-state index in [2.05, 4.69) is 9.97 Å². The van der Waals surface area contributed by atoms with Crippen LogP contribution in [0.5, 0.6) is 0 Å². The maximum Gasteiger partial charge on any atom is 0.325 e. The fourth-order valence-electron chi connectivity index (χ4n) is 1.27. The molecule has 0 aliphatic rings. The first-order chi connectivity index (χ1) is 8.58. The molecule has 1 aromatic heterocycles. The zero-order valence-electron chi connectivity index (χ0n) is 10.2. The van der Waals surface area contributed by atoms with Crippen molar-refractivity contribution >= 4 is 23.5 Å². The number of carbonyl (C=O) groups excluding carboxylic acids is 2. The van der Waals surface area contributed by atoms with Crippen LogP contribution in [0.25, 0.3) is 0 Å². The van der Waals surface area contributed by atoms with Gasteiger partial charge < -0.3 is 9.64 Å². The van der Waals surface area contributed by atoms with Crippen LogP contribution in [0.4, 0.5) is 0 Å². The summed E-state index contributed by atoms with van der Waals surface area (Å²) in [4.78, 5) is 32.3. The Hall–Kier alpha value is -1.69. The molecule has 0 atom stereocenters. The number of carbonyl (C=O) groups is 2. The van der Waals surface area contributed by atoms with Crippen LogP contribution in [-0.2, 0) is 9.53 Å². The van der Waals surface area contributed by atoms with Crippen molar-refractivity contribution in [2.45, 2.75) is 13.8 Å². The van der Waals surface area contributed by atoms with Gasteiger partial charge in [-0.3, -0.25) is 9.59 Å². The molecule has 0 saturated carbocycles. The second-order valence-corrected chi connectivity index (χ2v) is 3.74. The number of amides is 1. The molecule has 6 nitrogen and oxygen atoms in total. The number of rotatable bonds is 5. The molecule has 0 aliphatic heterocycles. The van der Waals surface area contributed by atoms with Crippen LogP contribution in [0.15, 0.2) is 12.4 Å². The van der Waals surface area contributed by atoms with Gasteiger partial charge in [0.15, 0.2) is 0 Å². The predicted octanol–water partition coefficient (Wildman–Crippen LogP) is 1.16. The second-order valence-electron chi connectivity index (χ2n) is 3.35. The molecular formula is C11H14ClN3O3. The molecule has 98 valence electrons. The second kappa shape index (κ2) is 6.90. The zero-order valence-corrected chi connectivity index (χ0v) is 11.0. The van der Waals surface area contributed by atoms with Gasteiger partial charge in [0, 0.05) is 6.54 Å². The first-order valence-electron chi connectivity index (χ1n) is 5.50. The monoisotopic (exact) mass is 271 g/mol. The molecule has 18 heavy (non-hydrogen) atoms. The number of hydrogen-bond donors (Lipinski definition) is 0. The van der Waals surface area contributed by atoms with E-state index in [0.29, 0.717) is 6.54 Å². The van der Waals surface area contributed by atoms with Gasteiger partial charge in [-0.25, -0.2) is 9.97 Å².